The molecule has 182 valence electrons. The van der Waals surface area contributed by atoms with Gasteiger partial charge in [0.05, 0.1) is 12.2 Å². The van der Waals surface area contributed by atoms with E-state index in [9.17, 15) is 5.11 Å². The van der Waals surface area contributed by atoms with Crippen LogP contribution in [-0.2, 0) is 0 Å². The fourth-order valence-electron chi connectivity index (χ4n) is 4.50. The molecule has 1 heterocycles. The standard InChI is InChI=1S/C31H31N3O2/c1-3-5-10-21(4-2)20-36-31-33-29(32-30(34-31)27-13-8-9-14-28(27)35)25-16-15-24-17-22-11-6-7-12-23(22)18-26(24)19-25/h6-9,11-19,21,35H,3-5,10,20H2,1-2H3. The number of phenolic OH excluding ortho intramolecular Hbond substituents is 1. The number of hydrogen-bond acceptors (Lipinski definition) is 5. The van der Waals surface area contributed by atoms with Crippen molar-refractivity contribution in [2.45, 2.75) is 39.5 Å². The topological polar surface area (TPSA) is 68.1 Å². The molecule has 0 saturated heterocycles. The summed E-state index contributed by atoms with van der Waals surface area (Å²) in [5.74, 6) is 1.50. The van der Waals surface area contributed by atoms with Crippen LogP contribution in [0.5, 0.6) is 11.8 Å². The lowest BCUT2D eigenvalue weighted by molar-refractivity contribution is 0.217. The molecule has 0 aliphatic heterocycles. The second kappa shape index (κ2) is 10.7. The van der Waals surface area contributed by atoms with Gasteiger partial charge in [0.15, 0.2) is 11.6 Å². The lowest BCUT2D eigenvalue weighted by Gasteiger charge is -2.15. The molecule has 1 unspecified atom stereocenters. The van der Waals surface area contributed by atoms with E-state index in [1.54, 1.807) is 18.2 Å². The van der Waals surface area contributed by atoms with Crippen LogP contribution in [0.15, 0.2) is 78.9 Å². The molecular formula is C31H31N3O2. The molecule has 0 amide bonds. The average molecular weight is 478 g/mol. The monoisotopic (exact) mass is 477 g/mol. The van der Waals surface area contributed by atoms with Crippen LogP contribution in [0.25, 0.3) is 44.3 Å². The molecule has 0 radical (unpaired) electrons. The molecule has 4 aromatic carbocycles. The Hall–Kier alpha value is -3.99. The van der Waals surface area contributed by atoms with Crippen LogP contribution in [0.4, 0.5) is 0 Å². The van der Waals surface area contributed by atoms with Crippen molar-refractivity contribution in [1.29, 1.82) is 0 Å². The first-order chi connectivity index (χ1) is 17.6. The number of hydrogen-bond donors (Lipinski definition) is 1. The molecule has 0 saturated carbocycles. The quantitative estimate of drug-likeness (QED) is 0.219. The summed E-state index contributed by atoms with van der Waals surface area (Å²) in [5.41, 5.74) is 1.43. The average Bonchev–Trinajstić information content (AvgIpc) is 2.91. The minimum absolute atomic E-state index is 0.125. The summed E-state index contributed by atoms with van der Waals surface area (Å²) in [6.07, 6.45) is 4.51. The van der Waals surface area contributed by atoms with Crippen LogP contribution in [0.3, 0.4) is 0 Å². The molecule has 0 bridgehead atoms. The zero-order valence-electron chi connectivity index (χ0n) is 20.8. The number of ether oxygens (including phenoxy) is 1. The molecule has 5 heteroatoms. The predicted molar refractivity (Wildman–Crippen MR) is 146 cm³/mol. The molecule has 5 rings (SSSR count). The minimum Gasteiger partial charge on any atom is -0.507 e. The number of aromatic nitrogens is 3. The number of nitrogens with zero attached hydrogens (tertiary/aromatic N) is 3. The number of phenols is 1. The van der Waals surface area contributed by atoms with E-state index in [0.717, 1.165) is 29.2 Å². The maximum Gasteiger partial charge on any atom is 0.320 e. The Bertz CT molecular complexity index is 1500. The number of unbranched alkanes of at least 4 members (excludes halogenated alkanes) is 1. The molecule has 0 fully saturated rings. The molecule has 1 N–H and O–H groups in total. The summed E-state index contributed by atoms with van der Waals surface area (Å²) in [6, 6.07) is 26.3. The summed E-state index contributed by atoms with van der Waals surface area (Å²) in [5, 5.41) is 15.1. The lowest BCUT2D eigenvalue weighted by atomic mass is 10.0. The van der Waals surface area contributed by atoms with Gasteiger partial charge in [-0.1, -0.05) is 81.6 Å². The van der Waals surface area contributed by atoms with E-state index in [1.165, 1.54) is 23.6 Å². The highest BCUT2D eigenvalue weighted by molar-refractivity contribution is 5.99. The molecule has 5 nitrogen and oxygen atoms in total. The summed E-state index contributed by atoms with van der Waals surface area (Å²) >= 11 is 0. The Labute approximate surface area is 211 Å². The van der Waals surface area contributed by atoms with Crippen molar-refractivity contribution < 1.29 is 9.84 Å². The van der Waals surface area contributed by atoms with Crippen LogP contribution in [0.2, 0.25) is 0 Å². The van der Waals surface area contributed by atoms with Gasteiger partial charge in [-0.25, -0.2) is 4.98 Å². The Balaban J connectivity index is 1.55. The number of aromatic hydroxyl groups is 1. The number of fused-ring (bicyclic) bond motifs is 2. The third-order valence-electron chi connectivity index (χ3n) is 6.71. The van der Waals surface area contributed by atoms with Crippen LogP contribution >= 0.6 is 0 Å². The van der Waals surface area contributed by atoms with Gasteiger partial charge in [0.1, 0.15) is 5.75 Å². The van der Waals surface area contributed by atoms with Crippen molar-refractivity contribution in [3.63, 3.8) is 0 Å². The van der Waals surface area contributed by atoms with Crippen LogP contribution in [0, 0.1) is 5.92 Å². The highest BCUT2D eigenvalue weighted by atomic mass is 16.5. The van der Waals surface area contributed by atoms with Crippen LogP contribution < -0.4 is 4.74 Å². The molecule has 0 aliphatic rings. The van der Waals surface area contributed by atoms with Crippen molar-refractivity contribution in [3.05, 3.63) is 78.9 Å². The van der Waals surface area contributed by atoms with Gasteiger partial charge in [0.2, 0.25) is 0 Å². The Kier molecular flexibility index (Phi) is 7.08. The van der Waals surface area contributed by atoms with Gasteiger partial charge in [0.25, 0.3) is 0 Å². The molecular weight excluding hydrogens is 446 g/mol. The highest BCUT2D eigenvalue weighted by Gasteiger charge is 2.16. The van der Waals surface area contributed by atoms with Crippen molar-refractivity contribution in [2.75, 3.05) is 6.61 Å². The Morgan fingerprint density at radius 2 is 1.44 bits per heavy atom. The van der Waals surface area contributed by atoms with Crippen LogP contribution in [0.1, 0.15) is 39.5 Å². The van der Waals surface area contributed by atoms with E-state index in [1.807, 2.05) is 12.1 Å². The fraction of sp³-hybridized carbons (Fsp3) is 0.258. The first-order valence-corrected chi connectivity index (χ1v) is 12.7. The van der Waals surface area contributed by atoms with E-state index in [2.05, 4.69) is 72.3 Å². The maximum atomic E-state index is 10.5. The molecule has 5 aromatic rings. The van der Waals surface area contributed by atoms with Crippen molar-refractivity contribution >= 4 is 21.5 Å². The number of rotatable bonds is 9. The number of para-hydroxylation sites is 1. The largest absolute Gasteiger partial charge is 0.507 e. The van der Waals surface area contributed by atoms with E-state index < -0.39 is 0 Å². The summed E-state index contributed by atoms with van der Waals surface area (Å²) in [7, 11) is 0. The van der Waals surface area contributed by atoms with Gasteiger partial charge in [-0.15, -0.1) is 0 Å². The van der Waals surface area contributed by atoms with Gasteiger partial charge in [0, 0.05) is 5.56 Å². The van der Waals surface area contributed by atoms with Gasteiger partial charge in [-0.05, 0) is 64.2 Å². The van der Waals surface area contributed by atoms with Gasteiger partial charge >= 0.3 is 6.01 Å². The van der Waals surface area contributed by atoms with Gasteiger partial charge < -0.3 is 9.84 Å². The molecule has 0 aliphatic carbocycles. The van der Waals surface area contributed by atoms with E-state index >= 15 is 0 Å². The minimum atomic E-state index is 0.125. The summed E-state index contributed by atoms with van der Waals surface area (Å²) in [4.78, 5) is 14.0. The highest BCUT2D eigenvalue weighted by Crippen LogP contribution is 2.31. The molecule has 36 heavy (non-hydrogen) atoms. The first kappa shape index (κ1) is 23.7. The SMILES string of the molecule is CCCCC(CC)COc1nc(-c2ccc3cc4ccccc4cc3c2)nc(-c2ccccc2O)n1. The normalized spacial score (nSPS) is 12.2. The second-order valence-electron chi connectivity index (χ2n) is 9.27. The number of benzene rings is 4. The predicted octanol–water partition coefficient (Wildman–Crippen LogP) is 7.81. The van der Waals surface area contributed by atoms with E-state index in [0.29, 0.717) is 29.7 Å². The summed E-state index contributed by atoms with van der Waals surface area (Å²) in [6.45, 7) is 4.95. The molecule has 0 spiro atoms. The third kappa shape index (κ3) is 5.15. The molecule has 1 atom stereocenters. The van der Waals surface area contributed by atoms with Crippen LogP contribution in [-0.4, -0.2) is 26.7 Å². The summed E-state index contributed by atoms with van der Waals surface area (Å²) < 4.78 is 6.12. The second-order valence-corrected chi connectivity index (χ2v) is 9.27. The van der Waals surface area contributed by atoms with Crippen molar-refractivity contribution in [1.82, 2.24) is 15.0 Å². The third-order valence-corrected chi connectivity index (χ3v) is 6.71. The van der Waals surface area contributed by atoms with Gasteiger partial charge in [-0.2, -0.15) is 9.97 Å². The van der Waals surface area contributed by atoms with Crippen molar-refractivity contribution in [2.24, 2.45) is 5.92 Å². The zero-order chi connectivity index (χ0) is 24.9. The maximum absolute atomic E-state index is 10.5. The Morgan fingerprint density at radius 1 is 0.750 bits per heavy atom. The van der Waals surface area contributed by atoms with E-state index in [4.69, 9.17) is 9.72 Å². The first-order valence-electron chi connectivity index (χ1n) is 12.7. The fourth-order valence-corrected chi connectivity index (χ4v) is 4.50. The Morgan fingerprint density at radius 3 is 2.19 bits per heavy atom. The van der Waals surface area contributed by atoms with Crippen molar-refractivity contribution in [3.8, 4) is 34.5 Å². The van der Waals surface area contributed by atoms with Gasteiger partial charge in [-0.3, -0.25) is 0 Å². The smallest absolute Gasteiger partial charge is 0.320 e. The lowest BCUT2D eigenvalue weighted by Crippen LogP contribution is -2.13. The zero-order valence-corrected chi connectivity index (χ0v) is 20.8. The van der Waals surface area contributed by atoms with E-state index in [-0.39, 0.29) is 11.8 Å². The molecule has 1 aromatic heterocycles.